The van der Waals surface area contributed by atoms with Crippen molar-refractivity contribution in [1.29, 1.82) is 0 Å². The molecular weight excluding hydrogens is 621 g/mol. The van der Waals surface area contributed by atoms with Crippen LogP contribution in [0.15, 0.2) is 73.3 Å². The molecule has 1 saturated heterocycles. The summed E-state index contributed by atoms with van der Waals surface area (Å²) in [6.45, 7) is 5.19. The lowest BCUT2D eigenvalue weighted by Gasteiger charge is -2.31. The largest absolute Gasteiger partial charge is 0.473 e. The number of carbonyl (C=O) groups excluding carboxylic acids is 1. The van der Waals surface area contributed by atoms with Crippen LogP contribution < -0.4 is 10.1 Å². The van der Waals surface area contributed by atoms with Crippen LogP contribution >= 0.6 is 11.6 Å². The molecule has 0 bridgehead atoms. The van der Waals surface area contributed by atoms with E-state index in [1.807, 2.05) is 41.1 Å². The molecular formula is C35H39ClFN7O3. The van der Waals surface area contributed by atoms with E-state index in [4.69, 9.17) is 31.0 Å². The Morgan fingerprint density at radius 1 is 1.09 bits per heavy atom. The maximum absolute atomic E-state index is 14.2. The maximum atomic E-state index is 14.2. The van der Waals surface area contributed by atoms with Crippen LogP contribution in [0.3, 0.4) is 0 Å². The van der Waals surface area contributed by atoms with Crippen molar-refractivity contribution in [3.63, 3.8) is 0 Å². The summed E-state index contributed by atoms with van der Waals surface area (Å²) in [7, 11) is 1.70. The highest BCUT2D eigenvalue weighted by Crippen LogP contribution is 2.29. The quantitative estimate of drug-likeness (QED) is 0.150. The molecule has 0 atom stereocenters. The summed E-state index contributed by atoms with van der Waals surface area (Å²) < 4.78 is 29.6. The van der Waals surface area contributed by atoms with Gasteiger partial charge in [-0.1, -0.05) is 23.7 Å². The average molecular weight is 660 g/mol. The van der Waals surface area contributed by atoms with Crippen LogP contribution in [0.25, 0.3) is 11.0 Å². The molecule has 0 saturated carbocycles. The number of imidazole rings is 2. The number of fused-ring (bicyclic) bond motifs is 1. The third-order valence-electron chi connectivity index (χ3n) is 8.55. The number of pyridine rings is 1. The lowest BCUT2D eigenvalue weighted by atomic mass is 9.93. The van der Waals surface area contributed by atoms with Crippen molar-refractivity contribution >= 4 is 28.5 Å². The molecule has 0 aliphatic carbocycles. The minimum Gasteiger partial charge on any atom is -0.473 e. The van der Waals surface area contributed by atoms with E-state index in [1.165, 1.54) is 6.07 Å². The highest BCUT2D eigenvalue weighted by molar-refractivity contribution is 6.30. The third-order valence-corrected chi connectivity index (χ3v) is 8.79. The van der Waals surface area contributed by atoms with Crippen LogP contribution in [0.5, 0.6) is 5.88 Å². The molecule has 10 nitrogen and oxygen atoms in total. The number of piperidine rings is 1. The van der Waals surface area contributed by atoms with E-state index in [2.05, 4.69) is 19.8 Å². The van der Waals surface area contributed by atoms with Crippen LogP contribution in [0, 0.1) is 5.82 Å². The first-order chi connectivity index (χ1) is 23.0. The Hall–Kier alpha value is -4.32. The number of benzene rings is 2. The molecule has 0 spiro atoms. The molecule has 1 aliphatic rings. The van der Waals surface area contributed by atoms with Gasteiger partial charge < -0.3 is 23.9 Å². The van der Waals surface area contributed by atoms with E-state index in [1.54, 1.807) is 37.8 Å². The normalized spacial score (nSPS) is 14.1. The number of methoxy groups -OCH3 is 1. The standard InChI is InChI=1S/C35H39ClFN7O3/c1-46-19-18-44-32-9-7-26(35(45)39-12-3-14-43-17-13-38-24-43)20-31(32)40-33(44)22-42-15-10-25(11-16-42)30-4-2-5-34(41-30)47-23-27-6-8-28(36)21-29(27)37/h2,4-9,13,17,20-21,24-25H,3,10-12,14-16,18-19,22-23H2,1H3,(H,39,45). The summed E-state index contributed by atoms with van der Waals surface area (Å²) in [5, 5.41) is 3.37. The van der Waals surface area contributed by atoms with Crippen molar-refractivity contribution in [2.24, 2.45) is 0 Å². The maximum Gasteiger partial charge on any atom is 0.251 e. The number of carbonyl (C=O) groups is 1. The third kappa shape index (κ3) is 8.34. The summed E-state index contributed by atoms with van der Waals surface area (Å²) in [5.41, 5.74) is 3.81. The molecule has 47 heavy (non-hydrogen) atoms. The van der Waals surface area contributed by atoms with Gasteiger partial charge in [0.1, 0.15) is 18.2 Å². The summed E-state index contributed by atoms with van der Waals surface area (Å²) in [5.74, 6) is 1.24. The molecule has 1 N–H and O–H groups in total. The monoisotopic (exact) mass is 659 g/mol. The molecule has 0 unspecified atom stereocenters. The number of amides is 1. The lowest BCUT2D eigenvalue weighted by Crippen LogP contribution is -2.33. The Balaban J connectivity index is 1.06. The van der Waals surface area contributed by atoms with E-state index in [-0.39, 0.29) is 12.5 Å². The first-order valence-corrected chi connectivity index (χ1v) is 16.3. The van der Waals surface area contributed by atoms with Gasteiger partial charge in [-0.05, 0) is 68.8 Å². The molecule has 1 fully saturated rings. The number of aryl methyl sites for hydroxylation is 1. The molecule has 3 aromatic heterocycles. The second kappa shape index (κ2) is 15.5. The Morgan fingerprint density at radius 3 is 2.74 bits per heavy atom. The number of nitrogens with one attached hydrogen (secondary N) is 1. The second-order valence-electron chi connectivity index (χ2n) is 11.8. The fraction of sp³-hybridized carbons (Fsp3) is 0.371. The summed E-state index contributed by atoms with van der Waals surface area (Å²) in [6.07, 6.45) is 8.16. The van der Waals surface area contributed by atoms with Crippen LogP contribution in [-0.2, 0) is 31.0 Å². The van der Waals surface area contributed by atoms with E-state index in [9.17, 15) is 9.18 Å². The lowest BCUT2D eigenvalue weighted by molar-refractivity contribution is 0.0953. The Morgan fingerprint density at radius 2 is 1.96 bits per heavy atom. The van der Waals surface area contributed by atoms with Crippen molar-refractivity contribution in [3.8, 4) is 5.88 Å². The van der Waals surface area contributed by atoms with E-state index >= 15 is 0 Å². The molecule has 12 heteroatoms. The first kappa shape index (κ1) is 32.6. The predicted molar refractivity (Wildman–Crippen MR) is 178 cm³/mol. The van der Waals surface area contributed by atoms with Crippen molar-refractivity contribution in [1.82, 2.24) is 34.3 Å². The van der Waals surface area contributed by atoms with Crippen LogP contribution in [-0.4, -0.2) is 68.2 Å². The van der Waals surface area contributed by atoms with Crippen molar-refractivity contribution < 1.29 is 18.7 Å². The highest BCUT2D eigenvalue weighted by atomic mass is 35.5. The van der Waals surface area contributed by atoms with Crippen LogP contribution in [0.4, 0.5) is 4.39 Å². The van der Waals surface area contributed by atoms with Gasteiger partial charge in [-0.3, -0.25) is 9.69 Å². The minimum absolute atomic E-state index is 0.0844. The zero-order valence-electron chi connectivity index (χ0n) is 26.4. The van der Waals surface area contributed by atoms with Gasteiger partial charge in [0.05, 0.1) is 30.5 Å². The van der Waals surface area contributed by atoms with Gasteiger partial charge in [0.2, 0.25) is 5.88 Å². The topological polar surface area (TPSA) is 99.3 Å². The number of nitrogens with zero attached hydrogens (tertiary/aromatic N) is 6. The van der Waals surface area contributed by atoms with E-state index in [0.29, 0.717) is 54.2 Å². The van der Waals surface area contributed by atoms with Crippen molar-refractivity contribution in [3.05, 3.63) is 107 Å². The summed E-state index contributed by atoms with van der Waals surface area (Å²) in [4.78, 5) is 29.1. The minimum atomic E-state index is -0.393. The summed E-state index contributed by atoms with van der Waals surface area (Å²) in [6, 6.07) is 16.1. The second-order valence-corrected chi connectivity index (χ2v) is 12.2. The van der Waals surface area contributed by atoms with Gasteiger partial charge in [0.25, 0.3) is 5.91 Å². The number of hydrogen-bond acceptors (Lipinski definition) is 7. The van der Waals surface area contributed by atoms with Gasteiger partial charge in [-0.15, -0.1) is 0 Å². The first-order valence-electron chi connectivity index (χ1n) is 15.9. The van der Waals surface area contributed by atoms with Gasteiger partial charge in [-0.25, -0.2) is 19.3 Å². The Bertz CT molecular complexity index is 1790. The number of halogens is 2. The molecule has 1 amide bonds. The smallest absolute Gasteiger partial charge is 0.251 e. The fourth-order valence-corrected chi connectivity index (χ4v) is 6.13. The molecule has 6 rings (SSSR count). The average Bonchev–Trinajstić information content (AvgIpc) is 3.73. The molecule has 5 aromatic rings. The highest BCUT2D eigenvalue weighted by Gasteiger charge is 2.24. The molecule has 1 aliphatic heterocycles. The summed E-state index contributed by atoms with van der Waals surface area (Å²) >= 11 is 5.87. The fourth-order valence-electron chi connectivity index (χ4n) is 5.97. The van der Waals surface area contributed by atoms with E-state index in [0.717, 1.165) is 61.4 Å². The number of ether oxygens (including phenoxy) is 2. The Kier molecular flexibility index (Phi) is 10.8. The van der Waals surface area contributed by atoms with E-state index < -0.39 is 5.82 Å². The number of aromatic nitrogens is 5. The zero-order chi connectivity index (χ0) is 32.6. The van der Waals surface area contributed by atoms with Crippen molar-refractivity contribution in [2.45, 2.75) is 51.4 Å². The molecule has 246 valence electrons. The number of hydrogen-bond donors (Lipinski definition) is 1. The van der Waals surface area contributed by atoms with Crippen LogP contribution in [0.2, 0.25) is 5.02 Å². The van der Waals surface area contributed by atoms with Gasteiger partial charge in [0.15, 0.2) is 0 Å². The molecule has 4 heterocycles. The van der Waals surface area contributed by atoms with Gasteiger partial charge in [0, 0.05) is 73.0 Å². The van der Waals surface area contributed by atoms with Crippen molar-refractivity contribution in [2.75, 3.05) is 33.4 Å². The predicted octanol–water partition coefficient (Wildman–Crippen LogP) is 5.85. The Labute approximate surface area is 278 Å². The zero-order valence-corrected chi connectivity index (χ0v) is 27.2. The molecule has 0 radical (unpaired) electrons. The number of likely N-dealkylation sites (tertiary alicyclic amines) is 1. The number of rotatable bonds is 14. The van der Waals surface area contributed by atoms with Crippen LogP contribution in [0.1, 0.15) is 52.6 Å². The SMILES string of the molecule is COCCn1c(CN2CCC(c3cccc(OCc4ccc(Cl)cc4F)n3)CC2)nc2cc(C(=O)NCCCn3ccnc3)ccc21. The van der Waals surface area contributed by atoms with Gasteiger partial charge >= 0.3 is 0 Å². The molecule has 2 aromatic carbocycles. The van der Waals surface area contributed by atoms with Gasteiger partial charge in [-0.2, -0.15) is 0 Å².